The van der Waals surface area contributed by atoms with E-state index in [2.05, 4.69) is 11.9 Å². The van der Waals surface area contributed by atoms with E-state index in [0.717, 1.165) is 22.3 Å². The van der Waals surface area contributed by atoms with Crippen LogP contribution in [0.2, 0.25) is 0 Å². The Bertz CT molecular complexity index is 1510. The Morgan fingerprint density at radius 3 is 2.58 bits per heavy atom. The number of alkyl carbamates (subject to hydrolysis) is 1. The van der Waals surface area contributed by atoms with E-state index in [1.807, 2.05) is 45.1 Å². The van der Waals surface area contributed by atoms with Crippen LogP contribution in [0.25, 0.3) is 5.57 Å². The predicted octanol–water partition coefficient (Wildman–Crippen LogP) is 5.26. The summed E-state index contributed by atoms with van der Waals surface area (Å²) in [5.41, 5.74) is 1.25. The van der Waals surface area contributed by atoms with Gasteiger partial charge in [-0.15, -0.1) is 0 Å². The van der Waals surface area contributed by atoms with Crippen molar-refractivity contribution in [1.82, 2.24) is 5.32 Å². The van der Waals surface area contributed by atoms with Gasteiger partial charge in [0.1, 0.15) is 29.7 Å². The summed E-state index contributed by atoms with van der Waals surface area (Å²) in [6.45, 7) is 14.8. The Morgan fingerprint density at radius 1 is 1.25 bits per heavy atom. The van der Waals surface area contributed by atoms with Crippen molar-refractivity contribution in [2.75, 3.05) is 26.2 Å². The molecule has 1 aromatic carbocycles. The highest BCUT2D eigenvalue weighted by Gasteiger charge is 2.64. The van der Waals surface area contributed by atoms with Crippen molar-refractivity contribution < 1.29 is 43.2 Å². The SMILES string of the molecule is C=C/C=C(\C)c1c(OC)cc2cc1N(C)C(=O)C[C@H](OC(=O)C(C)C)[C@]1(C)O[C@H]1[C@H](C)[C@@H]1C[C@@](O)(NC(=O)O1)[C@H](OC)/C=C/C=C(\C)C2. The summed E-state index contributed by atoms with van der Waals surface area (Å²) in [6.07, 6.45) is 5.31. The summed E-state index contributed by atoms with van der Waals surface area (Å²) in [4.78, 5) is 41.5. The molecule has 0 aromatic heterocycles. The van der Waals surface area contributed by atoms with Crippen molar-refractivity contribution >= 4 is 29.2 Å². The molecule has 262 valence electrons. The molecule has 4 bridgehead atoms. The topological polar surface area (TPSA) is 136 Å². The number of aliphatic hydroxyl groups is 1. The van der Waals surface area contributed by atoms with E-state index in [1.54, 1.807) is 58.1 Å². The molecular formula is C37H50N2O9. The van der Waals surface area contributed by atoms with Gasteiger partial charge < -0.3 is 33.7 Å². The predicted molar refractivity (Wildman–Crippen MR) is 182 cm³/mol. The zero-order valence-corrected chi connectivity index (χ0v) is 29.5. The van der Waals surface area contributed by atoms with Crippen molar-refractivity contribution in [2.24, 2.45) is 11.8 Å². The van der Waals surface area contributed by atoms with Gasteiger partial charge >= 0.3 is 12.1 Å². The smallest absolute Gasteiger partial charge is 0.409 e. The van der Waals surface area contributed by atoms with Crippen molar-refractivity contribution in [3.05, 3.63) is 65.8 Å². The van der Waals surface area contributed by atoms with E-state index in [1.165, 1.54) is 7.11 Å². The number of anilines is 1. The Morgan fingerprint density at radius 2 is 1.96 bits per heavy atom. The molecule has 3 aliphatic heterocycles. The number of nitrogens with zero attached hydrogens (tertiary/aromatic N) is 1. The summed E-state index contributed by atoms with van der Waals surface area (Å²) in [7, 11) is 4.74. The van der Waals surface area contributed by atoms with E-state index in [4.69, 9.17) is 23.7 Å². The van der Waals surface area contributed by atoms with Gasteiger partial charge in [0.2, 0.25) is 5.91 Å². The maximum Gasteiger partial charge on any atom is 0.409 e. The van der Waals surface area contributed by atoms with Gasteiger partial charge in [-0.1, -0.05) is 63.3 Å². The largest absolute Gasteiger partial charge is 0.496 e. The van der Waals surface area contributed by atoms with E-state index in [9.17, 15) is 19.5 Å². The lowest BCUT2D eigenvalue weighted by atomic mass is 9.83. The summed E-state index contributed by atoms with van der Waals surface area (Å²) in [5, 5.41) is 14.2. The number of ether oxygens (including phenoxy) is 5. The highest BCUT2D eigenvalue weighted by atomic mass is 16.7. The van der Waals surface area contributed by atoms with Gasteiger partial charge in [0.15, 0.2) is 5.72 Å². The number of carbonyl (C=O) groups excluding carboxylic acids is 3. The number of benzene rings is 1. The van der Waals surface area contributed by atoms with E-state index in [0.29, 0.717) is 17.9 Å². The minimum absolute atomic E-state index is 0.00545. The first-order valence-electron chi connectivity index (χ1n) is 16.3. The van der Waals surface area contributed by atoms with E-state index >= 15 is 0 Å². The molecule has 0 spiro atoms. The summed E-state index contributed by atoms with van der Waals surface area (Å²) in [6, 6.07) is 3.90. The average Bonchev–Trinajstić information content (AvgIpc) is 3.72. The lowest BCUT2D eigenvalue weighted by Gasteiger charge is -2.42. The first-order chi connectivity index (χ1) is 22.6. The van der Waals surface area contributed by atoms with Crippen LogP contribution in [0, 0.1) is 11.8 Å². The molecule has 2 fully saturated rings. The van der Waals surface area contributed by atoms with E-state index in [-0.39, 0.29) is 18.7 Å². The standard InChI is InChI=1S/C37H50N2O9/c1-11-13-23(5)32-26-17-25(18-27(32)44-9)16-22(4)14-12-15-29(45-10)37(43)20-28(46-35(42)38-37)24(6)33-36(7,48-33)30(19-31(40)39(26)8)47-34(41)21(2)3/h11-15,17-18,21,24,28-30,33,43H,1,16,19-20H2,2-10H3,(H,38,42)/b15-12+,22-14+,23-13+/t24-,28+,29-,30+,33+,36+,37+/m1/s1. The summed E-state index contributed by atoms with van der Waals surface area (Å²) < 4.78 is 29.4. The number of methoxy groups -OCH3 is 2. The Labute approximate surface area is 283 Å². The minimum Gasteiger partial charge on any atom is -0.496 e. The molecule has 0 unspecified atom stereocenters. The molecule has 0 saturated carbocycles. The van der Waals surface area contributed by atoms with Crippen molar-refractivity contribution in [1.29, 1.82) is 0 Å². The third-order valence-electron chi connectivity index (χ3n) is 9.50. The van der Waals surface area contributed by atoms with Crippen molar-refractivity contribution in [3.63, 3.8) is 0 Å². The first kappa shape index (κ1) is 36.9. The number of nitrogens with one attached hydrogen (secondary N) is 1. The fraction of sp³-hybridized carbons (Fsp3) is 0.541. The maximum absolute atomic E-state index is 14.2. The van der Waals surface area contributed by atoms with Gasteiger partial charge in [0.05, 0.1) is 31.2 Å². The summed E-state index contributed by atoms with van der Waals surface area (Å²) >= 11 is 0. The molecule has 4 rings (SSSR count). The van der Waals surface area contributed by atoms with Crippen molar-refractivity contribution in [2.45, 2.75) is 96.5 Å². The highest BCUT2D eigenvalue weighted by molar-refractivity contribution is 5.97. The fourth-order valence-electron chi connectivity index (χ4n) is 6.59. The molecule has 2 saturated heterocycles. The normalized spacial score (nSPS) is 33.1. The molecule has 11 heteroatoms. The van der Waals surface area contributed by atoms with Crippen LogP contribution in [0.5, 0.6) is 5.75 Å². The molecule has 48 heavy (non-hydrogen) atoms. The van der Waals surface area contributed by atoms with Gasteiger partial charge in [-0.05, 0) is 50.5 Å². The molecule has 2 N–H and O–H groups in total. The van der Waals surface area contributed by atoms with Crippen LogP contribution in [0.4, 0.5) is 10.5 Å². The molecule has 11 nitrogen and oxygen atoms in total. The highest BCUT2D eigenvalue weighted by Crippen LogP contribution is 2.49. The number of epoxide rings is 1. The molecule has 3 heterocycles. The Hall–Kier alpha value is -3.93. The van der Waals surface area contributed by atoms with Gasteiger partial charge in [-0.3, -0.25) is 14.9 Å². The maximum atomic E-state index is 14.2. The molecule has 7 atom stereocenters. The number of amides is 2. The first-order valence-corrected chi connectivity index (χ1v) is 16.3. The molecule has 0 radical (unpaired) electrons. The van der Waals surface area contributed by atoms with Gasteiger partial charge in [-0.2, -0.15) is 0 Å². The quantitative estimate of drug-likeness (QED) is 0.237. The second-order valence-corrected chi connectivity index (χ2v) is 13.5. The number of fused-ring (bicyclic) bond motifs is 5. The van der Waals surface area contributed by atoms with E-state index < -0.39 is 59.6 Å². The number of hydrogen-bond acceptors (Lipinski definition) is 9. The zero-order valence-electron chi connectivity index (χ0n) is 29.5. The van der Waals surface area contributed by atoms with Gasteiger partial charge in [-0.25, -0.2) is 4.79 Å². The molecule has 2 amide bonds. The molecular weight excluding hydrogens is 616 g/mol. The second kappa shape index (κ2) is 14.7. The Balaban J connectivity index is 1.87. The van der Waals surface area contributed by atoms with Gasteiger partial charge in [0.25, 0.3) is 0 Å². The van der Waals surface area contributed by atoms with Crippen LogP contribution in [0.1, 0.15) is 65.5 Å². The fourth-order valence-corrected chi connectivity index (χ4v) is 6.59. The van der Waals surface area contributed by atoms with Gasteiger partial charge in [0, 0.05) is 32.1 Å². The third kappa shape index (κ3) is 7.69. The number of esters is 1. The number of rotatable bonds is 6. The van der Waals surface area contributed by atoms with Crippen LogP contribution in [-0.2, 0) is 35.0 Å². The lowest BCUT2D eigenvalue weighted by molar-refractivity contribution is -0.157. The minimum atomic E-state index is -1.77. The van der Waals surface area contributed by atoms with Crippen molar-refractivity contribution in [3.8, 4) is 5.75 Å². The zero-order chi connectivity index (χ0) is 35.6. The number of hydrogen-bond donors (Lipinski definition) is 2. The van der Waals surface area contributed by atoms with Crippen LogP contribution < -0.4 is 15.0 Å². The van der Waals surface area contributed by atoms with Crippen LogP contribution in [0.15, 0.2) is 54.7 Å². The second-order valence-electron chi connectivity index (χ2n) is 13.5. The summed E-state index contributed by atoms with van der Waals surface area (Å²) in [5.74, 6) is -1.06. The Kier molecular flexibility index (Phi) is 11.3. The monoisotopic (exact) mass is 666 g/mol. The number of carbonyl (C=O) groups is 3. The third-order valence-corrected chi connectivity index (χ3v) is 9.50. The average molecular weight is 667 g/mol. The molecule has 3 aliphatic rings. The van der Waals surface area contributed by atoms with Crippen LogP contribution in [0.3, 0.4) is 0 Å². The van der Waals surface area contributed by atoms with Crippen LogP contribution in [-0.4, -0.2) is 80.1 Å². The number of allylic oxidation sites excluding steroid dienone is 6. The van der Waals surface area contributed by atoms with Crippen LogP contribution >= 0.6 is 0 Å². The lowest BCUT2D eigenvalue weighted by Crippen LogP contribution is -2.63. The molecule has 0 aliphatic carbocycles. The molecule has 1 aromatic rings.